The first-order chi connectivity index (χ1) is 25.3. The van der Waals surface area contributed by atoms with Gasteiger partial charge in [0.1, 0.15) is 11.2 Å². The van der Waals surface area contributed by atoms with Crippen LogP contribution in [0.3, 0.4) is 0 Å². The number of anilines is 1. The summed E-state index contributed by atoms with van der Waals surface area (Å²) in [6.45, 7) is 6.21. The van der Waals surface area contributed by atoms with E-state index in [1.807, 2.05) is 71.6 Å². The first-order valence-corrected chi connectivity index (χ1v) is 19.1. The van der Waals surface area contributed by atoms with E-state index in [0.717, 1.165) is 0 Å². The quantitative estimate of drug-likeness (QED) is 0.168. The molecule has 1 spiro atoms. The lowest BCUT2D eigenvalue weighted by Crippen LogP contribution is -2.55. The third-order valence-electron chi connectivity index (χ3n) is 11.6. The largest absolute Gasteiger partial charge is 0.393 e. The van der Waals surface area contributed by atoms with Gasteiger partial charge >= 0.3 is 0 Å². The van der Waals surface area contributed by atoms with Crippen LogP contribution in [0.5, 0.6) is 0 Å². The van der Waals surface area contributed by atoms with Crippen LogP contribution in [0.15, 0.2) is 97.1 Å². The summed E-state index contributed by atoms with van der Waals surface area (Å²) < 4.78 is 16.8. The molecule has 0 unspecified atom stereocenters. The van der Waals surface area contributed by atoms with Crippen LogP contribution < -0.4 is 10.6 Å². The first kappa shape index (κ1) is 37.5. The maximum absolute atomic E-state index is 16.8. The Bertz CT molecular complexity index is 1980. The maximum Gasteiger partial charge on any atom is 0.240 e. The number of likely N-dealkylation sites (tertiary alicyclic amines) is 1. The fourth-order valence-corrected chi connectivity index (χ4v) is 9.89. The lowest BCUT2D eigenvalue weighted by Gasteiger charge is -2.44. The summed E-state index contributed by atoms with van der Waals surface area (Å²) in [7, 11) is 0. The van der Waals surface area contributed by atoms with Crippen LogP contribution in [-0.4, -0.2) is 51.2 Å². The lowest BCUT2D eigenvalue weighted by molar-refractivity contribution is -0.127. The molecule has 2 fully saturated rings. The molecule has 10 heteroatoms. The van der Waals surface area contributed by atoms with Crippen LogP contribution in [0.2, 0.25) is 10.0 Å². The van der Waals surface area contributed by atoms with E-state index in [1.165, 1.54) is 6.07 Å². The molecule has 0 bridgehead atoms. The first-order valence-electron chi connectivity index (χ1n) is 18.4. The van der Waals surface area contributed by atoms with Crippen molar-refractivity contribution in [2.75, 3.05) is 4.90 Å². The number of amides is 2. The molecule has 3 aliphatic rings. The third kappa shape index (κ3) is 6.46. The van der Waals surface area contributed by atoms with E-state index in [2.05, 4.69) is 20.8 Å². The van der Waals surface area contributed by atoms with E-state index in [4.69, 9.17) is 28.9 Å². The second-order valence-corrected chi connectivity index (χ2v) is 16.9. The summed E-state index contributed by atoms with van der Waals surface area (Å²) in [5.74, 6) is -2.94. The number of primary amides is 1. The number of aliphatic hydroxyl groups is 2. The number of carbonyl (C=O) groups excluding carboxylic acids is 2. The smallest absolute Gasteiger partial charge is 0.240 e. The van der Waals surface area contributed by atoms with Gasteiger partial charge in [-0.15, -0.1) is 0 Å². The number of fused-ring (bicyclic) bond motifs is 2. The van der Waals surface area contributed by atoms with Gasteiger partial charge in [-0.2, -0.15) is 0 Å². The van der Waals surface area contributed by atoms with Crippen LogP contribution in [0.4, 0.5) is 10.1 Å². The van der Waals surface area contributed by atoms with Gasteiger partial charge in [0.25, 0.3) is 0 Å². The second kappa shape index (κ2) is 14.5. The Hall–Kier alpha value is -3.79. The van der Waals surface area contributed by atoms with E-state index in [-0.39, 0.29) is 22.5 Å². The third-order valence-corrected chi connectivity index (χ3v) is 12.1. The minimum Gasteiger partial charge on any atom is -0.393 e. The summed E-state index contributed by atoms with van der Waals surface area (Å²) in [5.41, 5.74) is 7.13. The number of nitrogens with two attached hydrogens (primary N) is 1. The van der Waals surface area contributed by atoms with Crippen LogP contribution in [-0.2, 0) is 15.0 Å². The number of benzene rings is 4. The molecule has 6 atom stereocenters. The second-order valence-electron chi connectivity index (χ2n) is 16.1. The van der Waals surface area contributed by atoms with Crippen molar-refractivity contribution in [1.29, 1.82) is 0 Å². The molecule has 4 aromatic rings. The average molecular weight is 759 g/mol. The Labute approximate surface area is 320 Å². The molecule has 2 heterocycles. The fourth-order valence-electron chi connectivity index (χ4n) is 9.54. The van der Waals surface area contributed by atoms with Crippen molar-refractivity contribution in [3.63, 3.8) is 0 Å². The molecule has 7 rings (SSSR count). The summed E-state index contributed by atoms with van der Waals surface area (Å²) in [5, 5.41) is 23.3. The molecule has 4 aromatic carbocycles. The zero-order chi connectivity index (χ0) is 37.8. The van der Waals surface area contributed by atoms with Gasteiger partial charge < -0.3 is 20.8 Å². The summed E-state index contributed by atoms with van der Waals surface area (Å²) in [4.78, 5) is 34.2. The number of rotatable bonds is 8. The number of halogens is 3. The zero-order valence-electron chi connectivity index (χ0n) is 30.1. The zero-order valence-corrected chi connectivity index (χ0v) is 31.6. The normalized spacial score (nSPS) is 27.2. The molecule has 1 saturated carbocycles. The van der Waals surface area contributed by atoms with Crippen molar-refractivity contribution in [2.24, 2.45) is 11.1 Å². The molecular weight excluding hydrogens is 712 g/mol. The van der Waals surface area contributed by atoms with Crippen LogP contribution in [0.1, 0.15) is 93.2 Å². The number of hydrogen-bond donors (Lipinski definition) is 3. The Kier molecular flexibility index (Phi) is 10.2. The molecule has 0 aromatic heterocycles. The maximum atomic E-state index is 16.8. The molecular formula is C43H46Cl2FN3O4. The van der Waals surface area contributed by atoms with E-state index >= 15 is 9.18 Å². The monoisotopic (exact) mass is 757 g/mol. The van der Waals surface area contributed by atoms with Crippen LogP contribution >= 0.6 is 23.2 Å². The molecule has 1 aliphatic carbocycles. The summed E-state index contributed by atoms with van der Waals surface area (Å²) >= 11 is 13.2. The van der Waals surface area contributed by atoms with Crippen molar-refractivity contribution in [3.05, 3.63) is 135 Å². The van der Waals surface area contributed by atoms with Crippen molar-refractivity contribution >= 4 is 40.7 Å². The van der Waals surface area contributed by atoms with Crippen molar-refractivity contribution in [1.82, 2.24) is 4.90 Å². The predicted octanol–water partition coefficient (Wildman–Crippen LogP) is 8.25. The van der Waals surface area contributed by atoms with E-state index in [1.54, 1.807) is 29.2 Å². The standard InChI is InChI=1S/C43H46Cl2FN3O4/c1-42(2,3)24-34-43(31-22-17-27(44)23-33(31)48(41(43)53)28-18-20-29(50)21-19-28)35(30-15-10-16-32(45)36(30)46)38(40(47)52)49(34)37(25-11-6-4-7-12-25)39(51)26-13-8-5-9-14-26/h4-17,22-23,28-29,34-35,37-39,50-51H,18-21,24H2,1-3H3,(H2,47,52)/t28?,29?,34-,35+,37-,38-,39+,43+/m1/s1. The van der Waals surface area contributed by atoms with Crippen LogP contribution in [0.25, 0.3) is 0 Å². The van der Waals surface area contributed by atoms with Gasteiger partial charge in [0.05, 0.1) is 29.3 Å². The Morgan fingerprint density at radius 2 is 1.55 bits per heavy atom. The highest BCUT2D eigenvalue weighted by Crippen LogP contribution is 2.64. The van der Waals surface area contributed by atoms with Gasteiger partial charge in [-0.05, 0) is 78.0 Å². The highest BCUT2D eigenvalue weighted by atomic mass is 35.5. The van der Waals surface area contributed by atoms with Gasteiger partial charge in [-0.25, -0.2) is 4.39 Å². The molecule has 0 radical (unpaired) electrons. The lowest BCUT2D eigenvalue weighted by atomic mass is 9.62. The summed E-state index contributed by atoms with van der Waals surface area (Å²) in [6, 6.07) is 25.4. The van der Waals surface area contributed by atoms with Gasteiger partial charge in [0.15, 0.2) is 0 Å². The van der Waals surface area contributed by atoms with E-state index < -0.39 is 58.8 Å². The fraction of sp³-hybridized carbons (Fsp3) is 0.395. The highest BCUT2D eigenvalue weighted by Gasteiger charge is 2.72. The topological polar surface area (TPSA) is 107 Å². The SMILES string of the molecule is CC(C)(C)C[C@H]1N([C@H](c2ccccc2)[C@@H](O)c2ccccc2)[C@@H](C(N)=O)[C@H](c2cccc(Cl)c2F)[C@@]12C(=O)N(C1CCC(O)CC1)c1cc(Cl)ccc12. The van der Waals surface area contributed by atoms with E-state index in [9.17, 15) is 15.0 Å². The van der Waals surface area contributed by atoms with Crippen molar-refractivity contribution < 1.29 is 24.2 Å². The Morgan fingerprint density at radius 1 is 0.925 bits per heavy atom. The van der Waals surface area contributed by atoms with Crippen molar-refractivity contribution in [2.45, 2.75) is 101 Å². The van der Waals surface area contributed by atoms with Gasteiger partial charge in [-0.3, -0.25) is 14.5 Å². The molecule has 1 saturated heterocycles. The number of nitrogens with zero attached hydrogens (tertiary/aromatic N) is 2. The highest BCUT2D eigenvalue weighted by molar-refractivity contribution is 6.31. The van der Waals surface area contributed by atoms with Crippen molar-refractivity contribution in [3.8, 4) is 0 Å². The number of carbonyl (C=O) groups is 2. The van der Waals surface area contributed by atoms with E-state index in [0.29, 0.717) is 59.5 Å². The molecule has 2 aliphatic heterocycles. The molecule has 7 nitrogen and oxygen atoms in total. The molecule has 278 valence electrons. The van der Waals surface area contributed by atoms with Crippen LogP contribution in [0, 0.1) is 11.2 Å². The Balaban J connectivity index is 1.59. The number of aliphatic hydroxyl groups excluding tert-OH is 2. The Morgan fingerprint density at radius 3 is 2.15 bits per heavy atom. The predicted molar refractivity (Wildman–Crippen MR) is 206 cm³/mol. The minimum atomic E-state index is -1.59. The van der Waals surface area contributed by atoms with Gasteiger partial charge in [-0.1, -0.05) is 123 Å². The van der Waals surface area contributed by atoms with Gasteiger partial charge in [0.2, 0.25) is 11.8 Å². The summed E-state index contributed by atoms with van der Waals surface area (Å²) in [6.07, 6.45) is 0.862. The molecule has 2 amide bonds. The molecule has 53 heavy (non-hydrogen) atoms. The molecule has 4 N–H and O–H groups in total. The van der Waals surface area contributed by atoms with Gasteiger partial charge in [0, 0.05) is 28.7 Å². The number of hydrogen-bond acceptors (Lipinski definition) is 5. The average Bonchev–Trinajstić information content (AvgIpc) is 3.54. The minimum absolute atomic E-state index is 0.0962.